The van der Waals surface area contributed by atoms with Crippen LogP contribution in [-0.2, 0) is 9.59 Å². The fraction of sp³-hybridized carbons (Fsp3) is 0.438. The molecule has 3 rings (SSSR count). The summed E-state index contributed by atoms with van der Waals surface area (Å²) in [7, 11) is 0. The molecule has 1 aromatic carbocycles. The Hall–Kier alpha value is -2.83. The van der Waals surface area contributed by atoms with Crippen LogP contribution in [-0.4, -0.2) is 68.7 Å². The zero-order valence-electron chi connectivity index (χ0n) is 15.1. The van der Waals surface area contributed by atoms with Gasteiger partial charge in [-0.3, -0.25) is 9.59 Å². The summed E-state index contributed by atoms with van der Waals surface area (Å²) in [5.41, 5.74) is 0.400. The molecule has 0 bridgehead atoms. The summed E-state index contributed by atoms with van der Waals surface area (Å²) in [6, 6.07) is 4.98. The maximum atomic E-state index is 12.2. The van der Waals surface area contributed by atoms with Crippen LogP contribution in [0, 0.1) is 0 Å². The van der Waals surface area contributed by atoms with Crippen molar-refractivity contribution in [2.45, 2.75) is 24.4 Å². The Morgan fingerprint density at radius 1 is 1.17 bits per heavy atom. The third-order valence-corrected chi connectivity index (χ3v) is 4.90. The fourth-order valence-corrected chi connectivity index (χ4v) is 3.37. The van der Waals surface area contributed by atoms with Crippen molar-refractivity contribution < 1.29 is 27.5 Å². The molecule has 0 radical (unpaired) electrons. The molecule has 156 valence electrons. The summed E-state index contributed by atoms with van der Waals surface area (Å²) < 4.78 is 41.8. The molecule has 9 nitrogen and oxygen atoms in total. The molecule has 1 N–H and O–H groups in total. The first-order chi connectivity index (χ1) is 13.8. The van der Waals surface area contributed by atoms with Crippen LogP contribution in [0.5, 0.6) is 5.75 Å². The second-order valence-corrected chi connectivity index (χ2v) is 7.01. The highest BCUT2D eigenvalue weighted by Gasteiger charge is 2.31. The lowest BCUT2D eigenvalue weighted by Crippen LogP contribution is -2.39. The van der Waals surface area contributed by atoms with Gasteiger partial charge in [0.1, 0.15) is 5.75 Å². The van der Waals surface area contributed by atoms with Crippen molar-refractivity contribution >= 4 is 23.6 Å². The molecule has 0 unspecified atom stereocenters. The number of nitrogens with zero attached hydrogens (tertiary/aromatic N) is 5. The minimum Gasteiger partial charge on any atom is -0.406 e. The first-order valence-corrected chi connectivity index (χ1v) is 9.62. The highest BCUT2D eigenvalue weighted by atomic mass is 32.2. The fourth-order valence-electron chi connectivity index (χ4n) is 2.65. The van der Waals surface area contributed by atoms with Crippen LogP contribution in [0.15, 0.2) is 29.4 Å². The number of tetrazole rings is 1. The zero-order valence-corrected chi connectivity index (χ0v) is 15.9. The quantitative estimate of drug-likeness (QED) is 0.663. The average Bonchev–Trinajstić information content (AvgIpc) is 3.35. The summed E-state index contributed by atoms with van der Waals surface area (Å²) >= 11 is 1.03. The van der Waals surface area contributed by atoms with Gasteiger partial charge in [-0.2, -0.15) is 4.68 Å². The van der Waals surface area contributed by atoms with Gasteiger partial charge < -0.3 is 15.0 Å². The minimum atomic E-state index is -4.78. The second kappa shape index (κ2) is 9.11. The number of likely N-dealkylation sites (tertiary alicyclic amines) is 1. The molecule has 1 aromatic heterocycles. The van der Waals surface area contributed by atoms with Crippen molar-refractivity contribution in [1.29, 1.82) is 0 Å². The maximum absolute atomic E-state index is 12.2. The zero-order chi connectivity index (χ0) is 20.9. The number of nitrogens with one attached hydrogen (secondary N) is 1. The number of rotatable bonds is 7. The standard InChI is InChI=1S/C16H17F3N6O3S/c17-16(18,19)28-12-5-3-11(4-6-12)25-15(21-22-23-25)29-10-13(26)20-9-14(27)24-7-1-2-8-24/h3-6H,1-2,7-10H2,(H,20,26). The number of carbonyl (C=O) groups is 2. The van der Waals surface area contributed by atoms with Crippen LogP contribution >= 0.6 is 11.8 Å². The predicted molar refractivity (Wildman–Crippen MR) is 95.4 cm³/mol. The predicted octanol–water partition coefficient (Wildman–Crippen LogP) is 1.39. The van der Waals surface area contributed by atoms with E-state index in [-0.39, 0.29) is 35.0 Å². The number of halogens is 3. The number of aromatic nitrogens is 4. The summed E-state index contributed by atoms with van der Waals surface area (Å²) in [6.07, 6.45) is -2.83. The highest BCUT2D eigenvalue weighted by molar-refractivity contribution is 7.99. The summed E-state index contributed by atoms with van der Waals surface area (Å²) in [5, 5.41) is 13.9. The lowest BCUT2D eigenvalue weighted by Gasteiger charge is -2.15. The average molecular weight is 430 g/mol. The van der Waals surface area contributed by atoms with Crippen molar-refractivity contribution in [3.05, 3.63) is 24.3 Å². The summed E-state index contributed by atoms with van der Waals surface area (Å²) in [6.45, 7) is 1.36. The molecule has 2 aromatic rings. The van der Waals surface area contributed by atoms with E-state index in [9.17, 15) is 22.8 Å². The molecular weight excluding hydrogens is 413 g/mol. The summed E-state index contributed by atoms with van der Waals surface area (Å²) in [4.78, 5) is 25.6. The van der Waals surface area contributed by atoms with Gasteiger partial charge in [-0.15, -0.1) is 18.3 Å². The van der Waals surface area contributed by atoms with E-state index in [1.807, 2.05) is 0 Å². The molecule has 1 fully saturated rings. The normalized spacial score (nSPS) is 14.1. The van der Waals surface area contributed by atoms with Gasteiger partial charge in [0.2, 0.25) is 17.0 Å². The molecule has 0 spiro atoms. The first kappa shape index (κ1) is 20.9. The second-order valence-electron chi connectivity index (χ2n) is 6.07. The van der Waals surface area contributed by atoms with Crippen LogP contribution in [0.2, 0.25) is 0 Å². The molecule has 0 saturated carbocycles. The molecule has 0 aliphatic carbocycles. The number of hydrogen-bond acceptors (Lipinski definition) is 7. The molecule has 1 saturated heterocycles. The van der Waals surface area contributed by atoms with Gasteiger partial charge in [0, 0.05) is 13.1 Å². The number of carbonyl (C=O) groups excluding carboxylic acids is 2. The molecule has 1 aliphatic heterocycles. The van der Waals surface area contributed by atoms with E-state index in [1.165, 1.54) is 16.8 Å². The first-order valence-electron chi connectivity index (χ1n) is 8.64. The van der Waals surface area contributed by atoms with Gasteiger partial charge >= 0.3 is 6.36 Å². The van der Waals surface area contributed by atoms with Gasteiger partial charge in [0.15, 0.2) is 0 Å². The van der Waals surface area contributed by atoms with Crippen molar-refractivity contribution in [2.24, 2.45) is 0 Å². The Labute approximate surface area is 167 Å². The van der Waals surface area contributed by atoms with Crippen molar-refractivity contribution in [1.82, 2.24) is 30.4 Å². The molecule has 0 atom stereocenters. The SMILES string of the molecule is O=C(CSc1nnnn1-c1ccc(OC(F)(F)F)cc1)NCC(=O)N1CCCC1. The van der Waals surface area contributed by atoms with Crippen LogP contribution in [0.25, 0.3) is 5.69 Å². The van der Waals surface area contributed by atoms with Crippen LogP contribution in [0.3, 0.4) is 0 Å². The molecule has 29 heavy (non-hydrogen) atoms. The van der Waals surface area contributed by atoms with Gasteiger partial charge in [-0.05, 0) is 47.5 Å². The monoisotopic (exact) mass is 430 g/mol. The van der Waals surface area contributed by atoms with E-state index in [0.29, 0.717) is 18.8 Å². The lowest BCUT2D eigenvalue weighted by molar-refractivity contribution is -0.274. The molecule has 13 heteroatoms. The van der Waals surface area contributed by atoms with E-state index < -0.39 is 6.36 Å². The third kappa shape index (κ3) is 6.07. The van der Waals surface area contributed by atoms with E-state index in [2.05, 4.69) is 25.6 Å². The van der Waals surface area contributed by atoms with Gasteiger partial charge in [-0.1, -0.05) is 11.8 Å². The Morgan fingerprint density at radius 2 is 1.86 bits per heavy atom. The topological polar surface area (TPSA) is 102 Å². The number of ether oxygens (including phenoxy) is 1. The minimum absolute atomic E-state index is 0.0249. The highest BCUT2D eigenvalue weighted by Crippen LogP contribution is 2.24. The molecule has 1 aliphatic rings. The van der Waals surface area contributed by atoms with Gasteiger partial charge in [0.25, 0.3) is 0 Å². The molecular formula is C16H17F3N6O3S. The van der Waals surface area contributed by atoms with Crippen LogP contribution in [0.1, 0.15) is 12.8 Å². The summed E-state index contributed by atoms with van der Waals surface area (Å²) in [5.74, 6) is -0.869. The number of hydrogen-bond donors (Lipinski definition) is 1. The smallest absolute Gasteiger partial charge is 0.406 e. The largest absolute Gasteiger partial charge is 0.573 e. The number of amides is 2. The van der Waals surface area contributed by atoms with Gasteiger partial charge in [0.05, 0.1) is 18.0 Å². The third-order valence-electron chi connectivity index (χ3n) is 3.98. The van der Waals surface area contributed by atoms with Crippen molar-refractivity contribution in [2.75, 3.05) is 25.4 Å². The Kier molecular flexibility index (Phi) is 6.56. The van der Waals surface area contributed by atoms with E-state index in [1.54, 1.807) is 4.90 Å². The lowest BCUT2D eigenvalue weighted by atomic mass is 10.3. The number of benzene rings is 1. The van der Waals surface area contributed by atoms with Crippen LogP contribution < -0.4 is 10.1 Å². The van der Waals surface area contributed by atoms with Crippen molar-refractivity contribution in [3.8, 4) is 11.4 Å². The van der Waals surface area contributed by atoms with Crippen molar-refractivity contribution in [3.63, 3.8) is 0 Å². The number of thioether (sulfide) groups is 1. The van der Waals surface area contributed by atoms with Crippen LogP contribution in [0.4, 0.5) is 13.2 Å². The molecule has 2 amide bonds. The molecule has 2 heterocycles. The maximum Gasteiger partial charge on any atom is 0.573 e. The van der Waals surface area contributed by atoms with E-state index in [0.717, 1.165) is 36.7 Å². The number of alkyl halides is 3. The Morgan fingerprint density at radius 3 is 2.52 bits per heavy atom. The Balaban J connectivity index is 1.52. The Bertz CT molecular complexity index is 852. The van der Waals surface area contributed by atoms with E-state index in [4.69, 9.17) is 0 Å². The van der Waals surface area contributed by atoms with E-state index >= 15 is 0 Å². The van der Waals surface area contributed by atoms with Gasteiger partial charge in [-0.25, -0.2) is 0 Å².